The average Bonchev–Trinajstić information content (AvgIpc) is 2.63. The number of carbonyl (C=O) groups excluding carboxylic acids is 2. The van der Waals surface area contributed by atoms with Crippen LogP contribution in [0.25, 0.3) is 0 Å². The Morgan fingerprint density at radius 1 is 0.971 bits per heavy atom. The molecule has 0 bridgehead atoms. The molecule has 0 aromatic carbocycles. The second-order valence-corrected chi connectivity index (χ2v) is 22.5. The number of hydrogen-bond donors (Lipinski definition) is 0. The zero-order valence-electron chi connectivity index (χ0n) is 24.3. The molecule has 1 aliphatic heterocycles. The highest BCUT2D eigenvalue weighted by molar-refractivity contribution is 6.80. The van der Waals surface area contributed by atoms with E-state index in [0.717, 1.165) is 0 Å². The van der Waals surface area contributed by atoms with Gasteiger partial charge in [-0.15, -0.1) is 0 Å². The number of esters is 1. The van der Waals surface area contributed by atoms with Gasteiger partial charge in [-0.3, -0.25) is 4.79 Å². The molecule has 34 heavy (non-hydrogen) atoms. The summed E-state index contributed by atoms with van der Waals surface area (Å²) in [7, 11) is -4.21. The summed E-state index contributed by atoms with van der Waals surface area (Å²) < 4.78 is 19.7. The largest absolute Gasteiger partial charge is 0.487 e. The summed E-state index contributed by atoms with van der Waals surface area (Å²) in [5, 5.41) is 0.0585. The number of β-lactam (4-membered cyclic amide) rings is 1. The summed E-state index contributed by atoms with van der Waals surface area (Å²) in [6.45, 7) is 30.7. The molecule has 0 radical (unpaired) electrons. The van der Waals surface area contributed by atoms with E-state index in [1.165, 1.54) is 0 Å². The second-order valence-electron chi connectivity index (χ2n) is 12.7. The fourth-order valence-corrected chi connectivity index (χ4v) is 8.16. The molecular weight excluding hydrogens is 462 g/mol. The fourth-order valence-electron chi connectivity index (χ4n) is 4.17. The van der Waals surface area contributed by atoms with Crippen molar-refractivity contribution in [1.29, 1.82) is 0 Å². The Bertz CT molecular complexity index is 764. The van der Waals surface area contributed by atoms with Crippen molar-refractivity contribution in [2.24, 2.45) is 11.8 Å². The predicted octanol–water partition coefficient (Wildman–Crippen LogP) is 6.35. The summed E-state index contributed by atoms with van der Waals surface area (Å²) in [4.78, 5) is 26.3. The Morgan fingerprint density at radius 2 is 1.47 bits per heavy atom. The monoisotopic (exact) mass is 513 g/mol. The lowest BCUT2D eigenvalue weighted by Gasteiger charge is -2.61. The van der Waals surface area contributed by atoms with Crippen LogP contribution in [0.15, 0.2) is 11.8 Å². The van der Waals surface area contributed by atoms with E-state index in [1.54, 1.807) is 6.92 Å². The van der Waals surface area contributed by atoms with Gasteiger partial charge in [0, 0.05) is 6.04 Å². The van der Waals surface area contributed by atoms with E-state index < -0.39 is 22.5 Å². The van der Waals surface area contributed by atoms with Crippen LogP contribution < -0.4 is 0 Å². The SMILES string of the molecule is CCOC(=O)/C(=C\[C@H](C)[C@@H]1[C@@H]([C@@H](C)O[Si](C)(C)C(C)(C)C)C(=O)N1[Si](C)(C)C(C)(C)C)OCC. The van der Waals surface area contributed by atoms with E-state index in [4.69, 9.17) is 13.9 Å². The van der Waals surface area contributed by atoms with Crippen LogP contribution >= 0.6 is 0 Å². The summed E-state index contributed by atoms with van der Waals surface area (Å²) in [5.41, 5.74) is 0. The van der Waals surface area contributed by atoms with Gasteiger partial charge < -0.3 is 18.5 Å². The van der Waals surface area contributed by atoms with Gasteiger partial charge in [-0.1, -0.05) is 61.6 Å². The molecule has 198 valence electrons. The molecule has 1 saturated heterocycles. The summed E-state index contributed by atoms with van der Waals surface area (Å²) in [6.07, 6.45) is 1.65. The highest BCUT2D eigenvalue weighted by Gasteiger charge is 2.60. The van der Waals surface area contributed by atoms with Crippen LogP contribution in [0.1, 0.15) is 69.2 Å². The molecule has 1 rings (SSSR count). The Kier molecular flexibility index (Phi) is 9.88. The number of nitrogens with zero attached hydrogens (tertiary/aromatic N) is 1. The standard InChI is InChI=1S/C26H51NO5Si2/c1-15-30-20(24(29)31-16-2)17-18(3)22-21(19(4)32-34(13,14)26(8,9)10)23(28)27(22)33(11,12)25(5,6)7/h17-19,21-22H,15-16H2,1-14H3/b20-17+/t18-,19+,21+,22+/m0/s1. The molecule has 1 aliphatic rings. The number of carbonyl (C=O) groups is 2. The Hall–Kier alpha value is -1.13. The van der Waals surface area contributed by atoms with E-state index in [-0.39, 0.29) is 52.3 Å². The number of hydrogen-bond acceptors (Lipinski definition) is 5. The van der Waals surface area contributed by atoms with Crippen molar-refractivity contribution in [3.05, 3.63) is 11.8 Å². The average molecular weight is 514 g/mol. The normalized spacial score (nSPS) is 22.2. The van der Waals surface area contributed by atoms with Crippen LogP contribution in [-0.4, -0.2) is 58.4 Å². The van der Waals surface area contributed by atoms with E-state index in [9.17, 15) is 9.59 Å². The minimum atomic E-state index is -2.15. The number of amides is 1. The van der Waals surface area contributed by atoms with Crippen LogP contribution in [0, 0.1) is 11.8 Å². The summed E-state index contributed by atoms with van der Waals surface area (Å²) >= 11 is 0. The molecule has 6 nitrogen and oxygen atoms in total. The van der Waals surface area contributed by atoms with Crippen molar-refractivity contribution in [2.45, 2.75) is 118 Å². The first-order valence-electron chi connectivity index (χ1n) is 12.8. The van der Waals surface area contributed by atoms with Gasteiger partial charge in [0.2, 0.25) is 11.7 Å². The lowest BCUT2D eigenvalue weighted by Crippen LogP contribution is -2.76. The van der Waals surface area contributed by atoms with Crippen molar-refractivity contribution in [3.63, 3.8) is 0 Å². The topological polar surface area (TPSA) is 65.1 Å². The maximum Gasteiger partial charge on any atom is 0.373 e. The molecule has 0 aliphatic carbocycles. The van der Waals surface area contributed by atoms with Gasteiger partial charge in [0.15, 0.2) is 16.6 Å². The zero-order valence-corrected chi connectivity index (χ0v) is 26.3. The van der Waals surface area contributed by atoms with E-state index in [2.05, 4.69) is 79.2 Å². The molecule has 1 fully saturated rings. The minimum Gasteiger partial charge on any atom is -0.487 e. The van der Waals surface area contributed by atoms with Crippen LogP contribution in [0.5, 0.6) is 0 Å². The molecular formula is C26H51NO5Si2. The Balaban J connectivity index is 3.46. The molecule has 0 unspecified atom stereocenters. The first kappa shape index (κ1) is 30.9. The molecule has 1 heterocycles. The van der Waals surface area contributed by atoms with Crippen molar-refractivity contribution in [3.8, 4) is 0 Å². The predicted molar refractivity (Wildman–Crippen MR) is 145 cm³/mol. The number of rotatable bonds is 10. The second kappa shape index (κ2) is 10.9. The van der Waals surface area contributed by atoms with Gasteiger partial charge in [-0.2, -0.15) is 0 Å². The van der Waals surface area contributed by atoms with Gasteiger partial charge in [-0.25, -0.2) is 4.79 Å². The maximum atomic E-state index is 13.7. The van der Waals surface area contributed by atoms with Crippen LogP contribution in [-0.2, 0) is 23.5 Å². The van der Waals surface area contributed by atoms with Gasteiger partial charge in [-0.05, 0) is 55.9 Å². The van der Waals surface area contributed by atoms with Gasteiger partial charge in [0.25, 0.3) is 0 Å². The first-order chi connectivity index (χ1) is 15.2. The van der Waals surface area contributed by atoms with Crippen molar-refractivity contribution >= 4 is 28.4 Å². The fraction of sp³-hybridized carbons (Fsp3) is 0.846. The lowest BCUT2D eigenvalue weighted by molar-refractivity contribution is -0.156. The van der Waals surface area contributed by atoms with Gasteiger partial charge >= 0.3 is 5.97 Å². The number of ether oxygens (including phenoxy) is 2. The molecule has 0 spiro atoms. The van der Waals surface area contributed by atoms with E-state index in [0.29, 0.717) is 6.61 Å². The molecule has 0 aromatic heterocycles. The third-order valence-corrected chi connectivity index (χ3v) is 18.1. The van der Waals surface area contributed by atoms with Crippen LogP contribution in [0.3, 0.4) is 0 Å². The van der Waals surface area contributed by atoms with Crippen LogP contribution in [0.2, 0.25) is 36.3 Å². The minimum absolute atomic E-state index is 0.00271. The summed E-state index contributed by atoms with van der Waals surface area (Å²) in [5.74, 6) is -0.393. The molecule has 1 amide bonds. The smallest absolute Gasteiger partial charge is 0.373 e. The highest BCUT2D eigenvalue weighted by Crippen LogP contribution is 2.49. The van der Waals surface area contributed by atoms with Crippen molar-refractivity contribution in [1.82, 2.24) is 4.57 Å². The summed E-state index contributed by atoms with van der Waals surface area (Å²) in [6, 6.07) is -0.0574. The molecule has 8 heteroatoms. The zero-order chi connectivity index (χ0) is 26.9. The lowest BCUT2D eigenvalue weighted by atomic mass is 9.78. The molecule has 0 aromatic rings. The van der Waals surface area contributed by atoms with Gasteiger partial charge in [0.1, 0.15) is 0 Å². The van der Waals surface area contributed by atoms with Gasteiger partial charge in [0.05, 0.1) is 25.2 Å². The third-order valence-electron chi connectivity index (χ3n) is 8.15. The van der Waals surface area contributed by atoms with Crippen molar-refractivity contribution < 1.29 is 23.5 Å². The van der Waals surface area contributed by atoms with Crippen LogP contribution in [0.4, 0.5) is 0 Å². The van der Waals surface area contributed by atoms with E-state index >= 15 is 0 Å². The first-order valence-corrected chi connectivity index (χ1v) is 18.6. The quantitative estimate of drug-likeness (QED) is 0.112. The molecule has 4 atom stereocenters. The Morgan fingerprint density at radius 3 is 1.88 bits per heavy atom. The Labute approximate surface area is 211 Å². The molecule has 0 N–H and O–H groups in total. The highest BCUT2D eigenvalue weighted by atomic mass is 28.4. The van der Waals surface area contributed by atoms with Crippen molar-refractivity contribution in [2.75, 3.05) is 13.2 Å². The van der Waals surface area contributed by atoms with E-state index in [1.807, 2.05) is 19.9 Å². The molecule has 0 saturated carbocycles. The maximum absolute atomic E-state index is 13.7. The third kappa shape index (κ3) is 6.35.